The van der Waals surface area contributed by atoms with Crippen molar-refractivity contribution >= 4 is 38.6 Å². The van der Waals surface area contributed by atoms with Gasteiger partial charge in [0.05, 0.1) is 12.6 Å². The average molecular weight is 541 g/mol. The number of rotatable bonds is 8. The van der Waals surface area contributed by atoms with Gasteiger partial charge < -0.3 is 15.1 Å². The lowest BCUT2D eigenvalue weighted by Gasteiger charge is -2.25. The summed E-state index contributed by atoms with van der Waals surface area (Å²) in [6.07, 6.45) is 2.36. The monoisotopic (exact) mass is 540 g/mol. The first kappa shape index (κ1) is 27.5. The van der Waals surface area contributed by atoms with Crippen LogP contribution in [0.3, 0.4) is 0 Å². The largest absolute Gasteiger partial charge is 0.451 e. The highest BCUT2D eigenvalue weighted by molar-refractivity contribution is 7.89. The van der Waals surface area contributed by atoms with E-state index in [1.54, 1.807) is 37.3 Å². The summed E-state index contributed by atoms with van der Waals surface area (Å²) in [5.41, 5.74) is 0.561. The van der Waals surface area contributed by atoms with Gasteiger partial charge >= 0.3 is 0 Å². The molecule has 1 aliphatic heterocycles. The predicted octanol–water partition coefficient (Wildman–Crippen LogP) is 2.90. The zero-order valence-corrected chi connectivity index (χ0v) is 22.4. The van der Waals surface area contributed by atoms with Crippen molar-refractivity contribution in [2.45, 2.75) is 63.2 Å². The van der Waals surface area contributed by atoms with Crippen LogP contribution >= 0.6 is 0 Å². The number of ketones is 1. The number of carbonyl (C=O) groups is 3. The van der Waals surface area contributed by atoms with Crippen molar-refractivity contribution in [3.05, 3.63) is 60.5 Å². The van der Waals surface area contributed by atoms with Gasteiger partial charge in [0, 0.05) is 17.6 Å². The molecule has 1 unspecified atom stereocenters. The van der Waals surface area contributed by atoms with Crippen molar-refractivity contribution in [3.63, 3.8) is 0 Å². The van der Waals surface area contributed by atoms with Crippen LogP contribution in [0.1, 0.15) is 50.6 Å². The Bertz CT molecular complexity index is 1390. The van der Waals surface area contributed by atoms with Gasteiger partial charge in [0.1, 0.15) is 11.6 Å². The lowest BCUT2D eigenvalue weighted by Crippen LogP contribution is -2.52. The highest BCUT2D eigenvalue weighted by Gasteiger charge is 2.38. The number of nitrogens with zero attached hydrogens (tertiary/aromatic N) is 2. The van der Waals surface area contributed by atoms with Crippen LogP contribution in [0, 0.1) is 5.92 Å². The number of hydrogen-bond donors (Lipinski definition) is 2. The van der Waals surface area contributed by atoms with E-state index in [0.717, 1.165) is 9.69 Å². The number of hydrogen-bond acceptors (Lipinski definition) is 7. The molecule has 11 heteroatoms. The van der Waals surface area contributed by atoms with Crippen LogP contribution in [0.25, 0.3) is 11.0 Å². The molecule has 38 heavy (non-hydrogen) atoms. The van der Waals surface area contributed by atoms with Gasteiger partial charge in [-0.3, -0.25) is 14.4 Å². The van der Waals surface area contributed by atoms with Gasteiger partial charge in [-0.05, 0) is 56.4 Å². The molecule has 4 rings (SSSR count). The van der Waals surface area contributed by atoms with Crippen molar-refractivity contribution in [2.75, 3.05) is 6.54 Å². The Labute approximate surface area is 221 Å². The molecule has 3 heterocycles. The van der Waals surface area contributed by atoms with E-state index in [1.165, 1.54) is 12.3 Å². The molecule has 0 bridgehead atoms. The average Bonchev–Trinajstić information content (AvgIpc) is 3.27. The lowest BCUT2D eigenvalue weighted by atomic mass is 10.0. The van der Waals surface area contributed by atoms with E-state index >= 15 is 0 Å². The summed E-state index contributed by atoms with van der Waals surface area (Å²) in [6, 6.07) is 11.1. The molecular formula is C27H32N4O6S. The highest BCUT2D eigenvalue weighted by atomic mass is 32.2. The lowest BCUT2D eigenvalue weighted by molar-refractivity contribution is -0.129. The van der Waals surface area contributed by atoms with Crippen LogP contribution in [0.2, 0.25) is 0 Å². The van der Waals surface area contributed by atoms with Gasteiger partial charge in [-0.25, -0.2) is 13.4 Å². The van der Waals surface area contributed by atoms with Crippen LogP contribution in [0.5, 0.6) is 0 Å². The minimum Gasteiger partial charge on any atom is -0.451 e. The van der Waals surface area contributed by atoms with Crippen molar-refractivity contribution in [1.82, 2.24) is 19.9 Å². The molecule has 1 aromatic carbocycles. The molecule has 3 aromatic rings. The molecule has 3 atom stereocenters. The number of Topliss-reactive ketones (excluding diaryl/α,β-unsaturated/α-hetero) is 1. The zero-order valence-electron chi connectivity index (χ0n) is 21.6. The number of benzene rings is 1. The number of para-hydroxylation sites is 1. The summed E-state index contributed by atoms with van der Waals surface area (Å²) in [7, 11) is -3.99. The molecule has 10 nitrogen and oxygen atoms in total. The number of furan rings is 1. The van der Waals surface area contributed by atoms with Gasteiger partial charge in [-0.15, -0.1) is 0 Å². The Balaban J connectivity index is 1.47. The van der Waals surface area contributed by atoms with Gasteiger partial charge in [0.15, 0.2) is 16.6 Å². The third-order valence-corrected chi connectivity index (χ3v) is 8.45. The number of amides is 2. The second-order valence-electron chi connectivity index (χ2n) is 9.98. The Morgan fingerprint density at radius 1 is 1.13 bits per heavy atom. The Morgan fingerprint density at radius 3 is 2.55 bits per heavy atom. The molecule has 0 aliphatic carbocycles. The van der Waals surface area contributed by atoms with Crippen LogP contribution in [0.15, 0.2) is 64.2 Å². The summed E-state index contributed by atoms with van der Waals surface area (Å²) >= 11 is 0. The molecule has 2 N–H and O–H groups in total. The minimum atomic E-state index is -3.99. The van der Waals surface area contributed by atoms with E-state index in [4.69, 9.17) is 4.42 Å². The maximum atomic E-state index is 13.3. The summed E-state index contributed by atoms with van der Waals surface area (Å²) in [5.74, 6) is -1.30. The predicted molar refractivity (Wildman–Crippen MR) is 141 cm³/mol. The Kier molecular flexibility index (Phi) is 8.27. The Hall–Kier alpha value is -3.57. The van der Waals surface area contributed by atoms with Crippen LogP contribution in [-0.2, 0) is 19.6 Å². The molecule has 0 radical (unpaired) electrons. The standard InChI is InChI=1S/C27H32N4O6S/c1-17(2)14-21(30-27(34)24-15-19-8-4-5-9-23(19)37-24)26(33)29-20-12-11-18(3)31(16-22(20)32)38(35,36)25-10-6-7-13-28-25/h4-10,13,15,17-18,20-21H,11-12,14,16H2,1-3H3,(H,29,33)(H,30,34)/t18-,20-,21?/m0/s1. The third-order valence-electron chi connectivity index (χ3n) is 6.57. The molecule has 1 fully saturated rings. The molecule has 202 valence electrons. The van der Waals surface area contributed by atoms with E-state index in [0.29, 0.717) is 18.4 Å². The van der Waals surface area contributed by atoms with Crippen LogP contribution < -0.4 is 10.6 Å². The molecule has 0 saturated carbocycles. The minimum absolute atomic E-state index is 0.0746. The van der Waals surface area contributed by atoms with Crippen LogP contribution in [-0.4, -0.2) is 60.0 Å². The summed E-state index contributed by atoms with van der Waals surface area (Å²) in [5, 5.41) is 6.13. The molecule has 1 aliphatic rings. The number of aromatic nitrogens is 1. The van der Waals surface area contributed by atoms with E-state index < -0.39 is 45.7 Å². The molecule has 2 aromatic heterocycles. The maximum absolute atomic E-state index is 13.3. The summed E-state index contributed by atoms with van der Waals surface area (Å²) in [4.78, 5) is 43.3. The topological polar surface area (TPSA) is 139 Å². The third kappa shape index (κ3) is 6.11. The second kappa shape index (κ2) is 11.4. The van der Waals surface area contributed by atoms with E-state index in [-0.39, 0.29) is 29.7 Å². The molecular weight excluding hydrogens is 508 g/mol. The molecule has 2 amide bonds. The summed E-state index contributed by atoms with van der Waals surface area (Å²) in [6.45, 7) is 5.19. The quantitative estimate of drug-likeness (QED) is 0.448. The fourth-order valence-corrected chi connectivity index (χ4v) is 6.09. The highest BCUT2D eigenvalue weighted by Crippen LogP contribution is 2.23. The second-order valence-corrected chi connectivity index (χ2v) is 11.8. The number of carbonyl (C=O) groups excluding carboxylic acids is 3. The van der Waals surface area contributed by atoms with Gasteiger partial charge in [0.25, 0.3) is 15.9 Å². The first-order valence-electron chi connectivity index (χ1n) is 12.6. The van der Waals surface area contributed by atoms with E-state index in [2.05, 4.69) is 15.6 Å². The number of nitrogens with one attached hydrogen (secondary N) is 2. The van der Waals surface area contributed by atoms with Gasteiger partial charge in [-0.1, -0.05) is 38.1 Å². The molecule has 0 spiro atoms. The maximum Gasteiger partial charge on any atom is 0.287 e. The van der Waals surface area contributed by atoms with E-state index in [9.17, 15) is 22.8 Å². The molecule has 1 saturated heterocycles. The van der Waals surface area contributed by atoms with Crippen LogP contribution in [0.4, 0.5) is 0 Å². The number of fused-ring (bicyclic) bond motifs is 1. The van der Waals surface area contributed by atoms with E-state index in [1.807, 2.05) is 26.0 Å². The van der Waals surface area contributed by atoms with Crippen molar-refractivity contribution < 1.29 is 27.2 Å². The zero-order chi connectivity index (χ0) is 27.4. The Morgan fingerprint density at radius 2 is 1.87 bits per heavy atom. The van der Waals surface area contributed by atoms with Gasteiger partial charge in [-0.2, -0.15) is 4.31 Å². The first-order valence-corrected chi connectivity index (χ1v) is 14.1. The first-order chi connectivity index (χ1) is 18.1. The van der Waals surface area contributed by atoms with Crippen molar-refractivity contribution in [1.29, 1.82) is 0 Å². The number of sulfonamides is 1. The van der Waals surface area contributed by atoms with Crippen molar-refractivity contribution in [3.8, 4) is 0 Å². The summed E-state index contributed by atoms with van der Waals surface area (Å²) < 4.78 is 33.0. The fourth-order valence-electron chi connectivity index (χ4n) is 4.53. The smallest absolute Gasteiger partial charge is 0.287 e. The van der Waals surface area contributed by atoms with Crippen molar-refractivity contribution in [2.24, 2.45) is 5.92 Å². The SMILES string of the molecule is CC(C)CC(NC(=O)c1cc2ccccc2o1)C(=O)N[C@H]1CC[C@H](C)N(S(=O)(=O)c2ccccn2)CC1=O. The normalized spacial score (nSPS) is 19.7. The van der Waals surface area contributed by atoms with Gasteiger partial charge in [0.2, 0.25) is 5.91 Å². The number of pyridine rings is 1. The fraction of sp³-hybridized carbons (Fsp3) is 0.407.